The molecule has 0 atom stereocenters. The minimum atomic E-state index is -3.45. The van der Waals surface area contributed by atoms with E-state index < -0.39 is 10.0 Å². The molecule has 0 saturated heterocycles. The second kappa shape index (κ2) is 5.07. The summed E-state index contributed by atoms with van der Waals surface area (Å²) in [5.74, 6) is 0.749. The van der Waals surface area contributed by atoms with E-state index in [-0.39, 0.29) is 5.41 Å². The first kappa shape index (κ1) is 15.0. The molecule has 0 spiro atoms. The Bertz CT molecular complexity index is 659. The zero-order valence-electron chi connectivity index (χ0n) is 12.8. The number of nitrogens with two attached hydrogens (primary N) is 1. The molecule has 1 aromatic carbocycles. The zero-order chi connectivity index (χ0) is 15.3. The molecule has 0 aromatic heterocycles. The zero-order valence-corrected chi connectivity index (χ0v) is 13.6. The number of nitrogens with one attached hydrogen (secondary N) is 1. The van der Waals surface area contributed by atoms with Crippen LogP contribution >= 0.6 is 0 Å². The van der Waals surface area contributed by atoms with Crippen molar-refractivity contribution in [3.05, 3.63) is 28.8 Å². The highest BCUT2D eigenvalue weighted by molar-refractivity contribution is 7.89. The second-order valence-electron chi connectivity index (χ2n) is 6.70. The van der Waals surface area contributed by atoms with Crippen molar-refractivity contribution in [3.63, 3.8) is 0 Å². The first-order valence-electron chi connectivity index (χ1n) is 7.68. The van der Waals surface area contributed by atoms with Crippen molar-refractivity contribution in [3.8, 4) is 0 Å². The lowest BCUT2D eigenvalue weighted by Crippen LogP contribution is -2.32. The van der Waals surface area contributed by atoms with Gasteiger partial charge >= 0.3 is 0 Å². The Hall–Kier alpha value is -0.910. The van der Waals surface area contributed by atoms with E-state index in [0.29, 0.717) is 18.0 Å². The summed E-state index contributed by atoms with van der Waals surface area (Å²) in [4.78, 5) is 0.384. The summed E-state index contributed by atoms with van der Waals surface area (Å²) in [7, 11) is -3.45. The highest BCUT2D eigenvalue weighted by atomic mass is 32.2. The van der Waals surface area contributed by atoms with E-state index in [1.54, 1.807) is 6.07 Å². The molecule has 0 amide bonds. The molecule has 3 rings (SSSR count). The molecule has 0 bridgehead atoms. The van der Waals surface area contributed by atoms with Gasteiger partial charge in [-0.3, -0.25) is 0 Å². The lowest BCUT2D eigenvalue weighted by Gasteiger charge is -2.17. The van der Waals surface area contributed by atoms with Crippen molar-refractivity contribution in [1.29, 1.82) is 0 Å². The van der Waals surface area contributed by atoms with Crippen LogP contribution in [-0.4, -0.2) is 15.0 Å². The molecule has 0 heterocycles. The maximum absolute atomic E-state index is 12.6. The van der Waals surface area contributed by atoms with Gasteiger partial charge in [0.05, 0.1) is 4.90 Å². The summed E-state index contributed by atoms with van der Waals surface area (Å²) in [5, 5.41) is 0. The monoisotopic (exact) mass is 308 g/mol. The van der Waals surface area contributed by atoms with Gasteiger partial charge in [0.2, 0.25) is 10.0 Å². The lowest BCUT2D eigenvalue weighted by atomic mass is 10.0. The van der Waals surface area contributed by atoms with Crippen molar-refractivity contribution in [1.82, 2.24) is 4.72 Å². The molecule has 21 heavy (non-hydrogen) atoms. The average Bonchev–Trinajstić information content (AvgIpc) is 3.31. The summed E-state index contributed by atoms with van der Waals surface area (Å²) >= 11 is 0. The quantitative estimate of drug-likeness (QED) is 0.846. The van der Waals surface area contributed by atoms with E-state index >= 15 is 0 Å². The summed E-state index contributed by atoms with van der Waals surface area (Å²) in [6, 6.07) is 3.67. The van der Waals surface area contributed by atoms with Crippen LogP contribution < -0.4 is 10.5 Å². The molecule has 2 fully saturated rings. The van der Waals surface area contributed by atoms with Crippen LogP contribution in [0.25, 0.3) is 0 Å². The second-order valence-corrected chi connectivity index (χ2v) is 8.44. The fraction of sp³-hybridized carbons (Fsp3) is 0.625. The minimum Gasteiger partial charge on any atom is -0.326 e. The first-order chi connectivity index (χ1) is 9.88. The Kier molecular flexibility index (Phi) is 3.62. The predicted octanol–water partition coefficient (Wildman–Crippen LogP) is 2.23. The normalized spacial score (nSPS) is 20.5. The largest absolute Gasteiger partial charge is 0.326 e. The molecule has 116 valence electrons. The van der Waals surface area contributed by atoms with Crippen LogP contribution in [0.2, 0.25) is 0 Å². The summed E-state index contributed by atoms with van der Waals surface area (Å²) in [6.07, 6.45) is 4.87. The molecule has 4 nitrogen and oxygen atoms in total. The summed E-state index contributed by atoms with van der Waals surface area (Å²) < 4.78 is 28.1. The molecular formula is C16H24N2O2S. The van der Waals surface area contributed by atoms with Crippen molar-refractivity contribution in [2.45, 2.75) is 51.0 Å². The molecule has 2 aliphatic carbocycles. The Morgan fingerprint density at radius 2 is 1.95 bits per heavy atom. The van der Waals surface area contributed by atoms with E-state index in [0.717, 1.165) is 22.6 Å². The van der Waals surface area contributed by atoms with Crippen LogP contribution in [-0.2, 0) is 16.6 Å². The molecule has 2 saturated carbocycles. The van der Waals surface area contributed by atoms with E-state index in [9.17, 15) is 8.42 Å². The molecule has 2 aliphatic rings. The van der Waals surface area contributed by atoms with Crippen molar-refractivity contribution in [2.24, 2.45) is 17.1 Å². The van der Waals surface area contributed by atoms with E-state index in [1.165, 1.54) is 25.7 Å². The van der Waals surface area contributed by atoms with Gasteiger partial charge in [-0.05, 0) is 73.6 Å². The summed E-state index contributed by atoms with van der Waals surface area (Å²) in [6.45, 7) is 4.74. The van der Waals surface area contributed by atoms with Gasteiger partial charge in [-0.1, -0.05) is 6.07 Å². The SMILES string of the molecule is Cc1cc(CN)cc(S(=O)(=O)NCC2(C3CC3)CC2)c1C. The maximum atomic E-state index is 12.6. The van der Waals surface area contributed by atoms with Crippen LogP contribution in [0.1, 0.15) is 42.4 Å². The molecule has 5 heteroatoms. The highest BCUT2D eigenvalue weighted by Gasteiger charge is 2.53. The van der Waals surface area contributed by atoms with Gasteiger partial charge in [0, 0.05) is 13.1 Å². The number of hydrogen-bond donors (Lipinski definition) is 2. The Balaban J connectivity index is 1.82. The minimum absolute atomic E-state index is 0.265. The van der Waals surface area contributed by atoms with Crippen molar-refractivity contribution in [2.75, 3.05) is 6.54 Å². The highest BCUT2D eigenvalue weighted by Crippen LogP contribution is 2.60. The molecule has 1 aromatic rings. The van der Waals surface area contributed by atoms with Crippen LogP contribution in [0.4, 0.5) is 0 Å². The maximum Gasteiger partial charge on any atom is 0.240 e. The number of benzene rings is 1. The molecular weight excluding hydrogens is 284 g/mol. The van der Waals surface area contributed by atoms with Crippen molar-refractivity contribution < 1.29 is 8.42 Å². The van der Waals surface area contributed by atoms with Crippen LogP contribution in [0.3, 0.4) is 0 Å². The Labute approximate surface area is 127 Å². The van der Waals surface area contributed by atoms with Gasteiger partial charge in [0.15, 0.2) is 0 Å². The average molecular weight is 308 g/mol. The van der Waals surface area contributed by atoms with Gasteiger partial charge in [0.1, 0.15) is 0 Å². The molecule has 3 N–H and O–H groups in total. The first-order valence-corrected chi connectivity index (χ1v) is 9.16. The van der Waals surface area contributed by atoms with Gasteiger partial charge in [-0.15, -0.1) is 0 Å². The van der Waals surface area contributed by atoms with E-state index in [1.807, 2.05) is 19.9 Å². The fourth-order valence-electron chi connectivity index (χ4n) is 3.20. The number of rotatable bonds is 6. The third-order valence-electron chi connectivity index (χ3n) is 5.15. The smallest absolute Gasteiger partial charge is 0.240 e. The number of hydrogen-bond acceptors (Lipinski definition) is 3. The van der Waals surface area contributed by atoms with Gasteiger partial charge in [-0.25, -0.2) is 13.1 Å². The predicted molar refractivity (Wildman–Crippen MR) is 83.4 cm³/mol. The Morgan fingerprint density at radius 3 is 2.48 bits per heavy atom. The number of aryl methyl sites for hydroxylation is 1. The fourth-order valence-corrected chi connectivity index (χ4v) is 4.70. The number of sulfonamides is 1. The van der Waals surface area contributed by atoms with Crippen LogP contribution in [0.5, 0.6) is 0 Å². The van der Waals surface area contributed by atoms with E-state index in [2.05, 4.69) is 4.72 Å². The molecule has 0 aliphatic heterocycles. The van der Waals surface area contributed by atoms with Gasteiger partial charge < -0.3 is 5.73 Å². The Morgan fingerprint density at radius 1 is 1.29 bits per heavy atom. The standard InChI is InChI=1S/C16H24N2O2S/c1-11-7-13(9-17)8-15(12(11)2)21(19,20)18-10-16(5-6-16)14-3-4-14/h7-8,14,18H,3-6,9-10,17H2,1-2H3. The third-order valence-corrected chi connectivity index (χ3v) is 6.68. The molecule has 0 unspecified atom stereocenters. The van der Waals surface area contributed by atoms with Crippen LogP contribution in [0, 0.1) is 25.2 Å². The van der Waals surface area contributed by atoms with Gasteiger partial charge in [-0.2, -0.15) is 0 Å². The lowest BCUT2D eigenvalue weighted by molar-refractivity contribution is 0.431. The topological polar surface area (TPSA) is 72.2 Å². The molecule has 0 radical (unpaired) electrons. The summed E-state index contributed by atoms with van der Waals surface area (Å²) in [5.41, 5.74) is 8.58. The third kappa shape index (κ3) is 2.87. The van der Waals surface area contributed by atoms with E-state index in [4.69, 9.17) is 5.73 Å². The van der Waals surface area contributed by atoms with Gasteiger partial charge in [0.25, 0.3) is 0 Å². The van der Waals surface area contributed by atoms with Crippen molar-refractivity contribution >= 4 is 10.0 Å². The van der Waals surface area contributed by atoms with Crippen LogP contribution in [0.15, 0.2) is 17.0 Å².